The van der Waals surface area contributed by atoms with Gasteiger partial charge in [0.05, 0.1) is 18.7 Å². The molecule has 32 heavy (non-hydrogen) atoms. The molecule has 8 heteroatoms. The zero-order valence-corrected chi connectivity index (χ0v) is 18.1. The summed E-state index contributed by atoms with van der Waals surface area (Å²) in [5, 5.41) is 3.32. The lowest BCUT2D eigenvalue weighted by Crippen LogP contribution is -2.49. The monoisotopic (exact) mass is 438 g/mol. The molecule has 0 saturated heterocycles. The molecule has 1 amide bonds. The zero-order valence-electron chi connectivity index (χ0n) is 18.1. The Morgan fingerprint density at radius 2 is 1.59 bits per heavy atom. The van der Waals surface area contributed by atoms with E-state index in [2.05, 4.69) is 5.32 Å². The van der Waals surface area contributed by atoms with Crippen LogP contribution in [-0.2, 0) is 37.0 Å². The number of hydrogen-bond acceptors (Lipinski definition) is 6. The van der Waals surface area contributed by atoms with Crippen molar-refractivity contribution in [2.24, 2.45) is 0 Å². The van der Waals surface area contributed by atoms with Gasteiger partial charge in [0.2, 0.25) is 11.9 Å². The Labute approximate surface area is 186 Å². The standard InChI is InChI=1S/C24H26N2O6/c1-3-30-23(28)21(24(29)31-4-2)25-20(27)15-26-14-13-18-11-8-12-19(22(18)26)32-16-17-9-6-5-7-10-17/h5-14,21H,3-4,15-16H2,1-2H3,(H,25,27). The summed E-state index contributed by atoms with van der Waals surface area (Å²) in [4.78, 5) is 36.9. The molecule has 0 aliphatic rings. The number of carbonyl (C=O) groups excluding carboxylic acids is 3. The number of amides is 1. The van der Waals surface area contributed by atoms with Gasteiger partial charge in [-0.1, -0.05) is 42.5 Å². The predicted octanol–water partition coefficient (Wildman–Crippen LogP) is 2.83. The first-order valence-corrected chi connectivity index (χ1v) is 10.4. The van der Waals surface area contributed by atoms with Gasteiger partial charge >= 0.3 is 11.9 Å². The smallest absolute Gasteiger partial charge is 0.340 e. The Hall–Kier alpha value is -3.81. The van der Waals surface area contributed by atoms with Gasteiger partial charge in [-0.3, -0.25) is 4.79 Å². The lowest BCUT2D eigenvalue weighted by molar-refractivity contribution is -0.159. The fourth-order valence-electron chi connectivity index (χ4n) is 3.24. The average Bonchev–Trinajstić information content (AvgIpc) is 3.20. The zero-order chi connectivity index (χ0) is 22.9. The van der Waals surface area contributed by atoms with Gasteiger partial charge in [-0.2, -0.15) is 0 Å². The summed E-state index contributed by atoms with van der Waals surface area (Å²) >= 11 is 0. The third-order valence-electron chi connectivity index (χ3n) is 4.65. The van der Waals surface area contributed by atoms with Crippen molar-refractivity contribution in [3.63, 3.8) is 0 Å². The first-order valence-electron chi connectivity index (χ1n) is 10.4. The van der Waals surface area contributed by atoms with Crippen LogP contribution in [-0.4, -0.2) is 41.7 Å². The third kappa shape index (κ3) is 5.66. The molecule has 0 aliphatic carbocycles. The van der Waals surface area contributed by atoms with E-state index in [1.165, 1.54) is 0 Å². The molecular weight excluding hydrogens is 412 g/mol. The SMILES string of the molecule is CCOC(=O)C(NC(=O)Cn1ccc2cccc(OCc3ccccc3)c21)C(=O)OCC. The predicted molar refractivity (Wildman–Crippen MR) is 118 cm³/mol. The van der Waals surface area contributed by atoms with Crippen molar-refractivity contribution in [2.75, 3.05) is 13.2 Å². The molecule has 1 aromatic heterocycles. The average molecular weight is 438 g/mol. The summed E-state index contributed by atoms with van der Waals surface area (Å²) in [5.74, 6) is -1.63. The van der Waals surface area contributed by atoms with Crippen LogP contribution in [0.2, 0.25) is 0 Å². The van der Waals surface area contributed by atoms with Crippen molar-refractivity contribution in [2.45, 2.75) is 33.0 Å². The van der Waals surface area contributed by atoms with E-state index in [1.54, 1.807) is 24.6 Å². The second kappa shape index (κ2) is 11.0. The molecule has 3 rings (SSSR count). The van der Waals surface area contributed by atoms with E-state index in [9.17, 15) is 14.4 Å². The number of esters is 2. The van der Waals surface area contributed by atoms with Crippen LogP contribution in [0.3, 0.4) is 0 Å². The van der Waals surface area contributed by atoms with E-state index in [-0.39, 0.29) is 19.8 Å². The minimum Gasteiger partial charge on any atom is -0.487 e. The van der Waals surface area contributed by atoms with Gasteiger partial charge < -0.3 is 24.1 Å². The number of aromatic nitrogens is 1. The van der Waals surface area contributed by atoms with Crippen LogP contribution in [0, 0.1) is 0 Å². The molecular formula is C24H26N2O6. The van der Waals surface area contributed by atoms with Crippen molar-refractivity contribution in [1.82, 2.24) is 9.88 Å². The van der Waals surface area contributed by atoms with Gasteiger partial charge in [0.25, 0.3) is 0 Å². The fourth-order valence-corrected chi connectivity index (χ4v) is 3.24. The minimum atomic E-state index is -1.52. The molecule has 3 aromatic rings. The summed E-state index contributed by atoms with van der Waals surface area (Å²) < 4.78 is 17.5. The van der Waals surface area contributed by atoms with Gasteiger partial charge in [0.15, 0.2) is 0 Å². The number of fused-ring (bicyclic) bond motifs is 1. The van der Waals surface area contributed by atoms with Crippen LogP contribution in [0.1, 0.15) is 19.4 Å². The highest BCUT2D eigenvalue weighted by Gasteiger charge is 2.31. The summed E-state index contributed by atoms with van der Waals surface area (Å²) in [6.07, 6.45) is 1.75. The molecule has 0 bridgehead atoms. The Bertz CT molecular complexity index is 1060. The molecule has 1 N–H and O–H groups in total. The quantitative estimate of drug-likeness (QED) is 0.386. The van der Waals surface area contributed by atoms with Crippen LogP contribution >= 0.6 is 0 Å². The number of benzene rings is 2. The van der Waals surface area contributed by atoms with Crippen LogP contribution in [0.4, 0.5) is 0 Å². The Balaban J connectivity index is 1.76. The highest BCUT2D eigenvalue weighted by atomic mass is 16.6. The van der Waals surface area contributed by atoms with Crippen LogP contribution < -0.4 is 10.1 Å². The first kappa shape index (κ1) is 22.9. The normalized spacial score (nSPS) is 10.7. The highest BCUT2D eigenvalue weighted by molar-refractivity contribution is 6.02. The minimum absolute atomic E-state index is 0.0783. The summed E-state index contributed by atoms with van der Waals surface area (Å²) in [6.45, 7) is 3.65. The van der Waals surface area contributed by atoms with Crippen LogP contribution in [0.15, 0.2) is 60.8 Å². The van der Waals surface area contributed by atoms with Gasteiger partial charge in [0, 0.05) is 11.6 Å². The number of hydrogen-bond donors (Lipinski definition) is 1. The lowest BCUT2D eigenvalue weighted by atomic mass is 10.2. The molecule has 0 unspecified atom stereocenters. The van der Waals surface area contributed by atoms with E-state index >= 15 is 0 Å². The maximum absolute atomic E-state index is 12.7. The van der Waals surface area contributed by atoms with Gasteiger partial charge in [-0.25, -0.2) is 9.59 Å². The van der Waals surface area contributed by atoms with Crippen molar-refractivity contribution in [1.29, 1.82) is 0 Å². The maximum Gasteiger partial charge on any atom is 0.340 e. The van der Waals surface area contributed by atoms with Crippen LogP contribution in [0.5, 0.6) is 5.75 Å². The topological polar surface area (TPSA) is 95.9 Å². The first-order chi connectivity index (χ1) is 15.5. The third-order valence-corrected chi connectivity index (χ3v) is 4.65. The van der Waals surface area contributed by atoms with E-state index in [0.29, 0.717) is 12.4 Å². The van der Waals surface area contributed by atoms with E-state index in [4.69, 9.17) is 14.2 Å². The molecule has 168 valence electrons. The second-order valence-electron chi connectivity index (χ2n) is 6.92. The molecule has 0 radical (unpaired) electrons. The Morgan fingerprint density at radius 1 is 0.906 bits per heavy atom. The molecule has 8 nitrogen and oxygen atoms in total. The summed E-state index contributed by atoms with van der Waals surface area (Å²) in [7, 11) is 0. The number of nitrogens with one attached hydrogen (secondary N) is 1. The molecule has 2 aromatic carbocycles. The Kier molecular flexibility index (Phi) is 7.85. The van der Waals surface area contributed by atoms with E-state index in [0.717, 1.165) is 16.5 Å². The summed E-state index contributed by atoms with van der Waals surface area (Å²) in [6, 6.07) is 15.7. The van der Waals surface area contributed by atoms with Crippen molar-refractivity contribution < 1.29 is 28.6 Å². The fraction of sp³-hybridized carbons (Fsp3) is 0.292. The number of nitrogens with zero attached hydrogens (tertiary/aromatic N) is 1. The number of ether oxygens (including phenoxy) is 3. The summed E-state index contributed by atoms with van der Waals surface area (Å²) in [5.41, 5.74) is 1.76. The van der Waals surface area contributed by atoms with E-state index in [1.807, 2.05) is 54.6 Å². The molecule has 0 aliphatic heterocycles. The van der Waals surface area contributed by atoms with Crippen LogP contribution in [0.25, 0.3) is 10.9 Å². The van der Waals surface area contributed by atoms with Gasteiger partial charge in [0.1, 0.15) is 18.9 Å². The second-order valence-corrected chi connectivity index (χ2v) is 6.92. The number of carbonyl (C=O) groups is 3. The highest BCUT2D eigenvalue weighted by Crippen LogP contribution is 2.27. The van der Waals surface area contributed by atoms with Crippen molar-refractivity contribution in [3.05, 3.63) is 66.4 Å². The number of para-hydroxylation sites is 1. The molecule has 0 atom stereocenters. The maximum atomic E-state index is 12.7. The van der Waals surface area contributed by atoms with Gasteiger partial charge in [-0.05, 0) is 31.5 Å². The van der Waals surface area contributed by atoms with Gasteiger partial charge in [-0.15, -0.1) is 0 Å². The largest absolute Gasteiger partial charge is 0.487 e. The van der Waals surface area contributed by atoms with Crippen molar-refractivity contribution in [3.8, 4) is 5.75 Å². The molecule has 0 fully saturated rings. The van der Waals surface area contributed by atoms with E-state index < -0.39 is 23.9 Å². The van der Waals surface area contributed by atoms with Crippen molar-refractivity contribution >= 4 is 28.7 Å². The lowest BCUT2D eigenvalue weighted by Gasteiger charge is -2.17. The molecule has 0 saturated carbocycles. The molecule has 0 spiro atoms. The number of rotatable bonds is 10. The molecule has 1 heterocycles. The Morgan fingerprint density at radius 3 is 2.25 bits per heavy atom.